The van der Waals surface area contributed by atoms with E-state index in [9.17, 15) is 18.0 Å². The van der Waals surface area contributed by atoms with Crippen LogP contribution in [-0.2, 0) is 11.0 Å². The minimum atomic E-state index is -4.29. The van der Waals surface area contributed by atoms with E-state index >= 15 is 0 Å². The van der Waals surface area contributed by atoms with Crippen LogP contribution in [0.3, 0.4) is 0 Å². The Labute approximate surface area is 115 Å². The summed E-state index contributed by atoms with van der Waals surface area (Å²) in [6.45, 7) is 3.00. The zero-order valence-electron chi connectivity index (χ0n) is 11.2. The van der Waals surface area contributed by atoms with Crippen molar-refractivity contribution in [1.29, 1.82) is 0 Å². The van der Waals surface area contributed by atoms with E-state index in [0.29, 0.717) is 0 Å². The van der Waals surface area contributed by atoms with E-state index in [1.165, 1.54) is 13.0 Å². The number of aryl methyl sites for hydroxylation is 1. The minimum Gasteiger partial charge on any atom is -0.344 e. The van der Waals surface area contributed by atoms with Crippen LogP contribution in [0.1, 0.15) is 35.4 Å². The zero-order chi connectivity index (χ0) is 14.5. The minimum absolute atomic E-state index is 0.175. The molecule has 1 spiro atoms. The van der Waals surface area contributed by atoms with Crippen LogP contribution in [0, 0.1) is 12.3 Å². The lowest BCUT2D eigenvalue weighted by atomic mass is 9.56. The fourth-order valence-electron chi connectivity index (χ4n) is 3.57. The molecular formula is C15H16F3NO. The van der Waals surface area contributed by atoms with Gasteiger partial charge in [-0.3, -0.25) is 4.79 Å². The molecule has 0 unspecified atom stereocenters. The first-order chi connectivity index (χ1) is 9.33. The first kappa shape index (κ1) is 13.5. The molecule has 1 aliphatic carbocycles. The maximum Gasteiger partial charge on any atom is 0.416 e. The predicted molar refractivity (Wildman–Crippen MR) is 68.2 cm³/mol. The highest BCUT2D eigenvalue weighted by atomic mass is 19.4. The topological polar surface area (TPSA) is 20.3 Å². The first-order valence-corrected chi connectivity index (χ1v) is 6.70. The van der Waals surface area contributed by atoms with Crippen molar-refractivity contribution < 1.29 is 18.0 Å². The Morgan fingerprint density at radius 2 is 1.95 bits per heavy atom. The summed E-state index contributed by atoms with van der Waals surface area (Å²) in [6.07, 6.45) is -1.67. The van der Waals surface area contributed by atoms with E-state index in [-0.39, 0.29) is 16.9 Å². The van der Waals surface area contributed by atoms with E-state index in [1.807, 2.05) is 0 Å². The van der Waals surface area contributed by atoms with Crippen molar-refractivity contribution in [2.75, 3.05) is 13.1 Å². The molecule has 0 radical (unpaired) electrons. The van der Waals surface area contributed by atoms with Gasteiger partial charge >= 0.3 is 6.18 Å². The molecule has 2 aliphatic rings. The number of carbonyl (C=O) groups excluding carboxylic acids is 1. The number of rotatable bonds is 2. The second-order valence-corrected chi connectivity index (χ2v) is 6.19. The van der Waals surface area contributed by atoms with Gasteiger partial charge in [0.2, 0.25) is 6.41 Å². The molecule has 1 aromatic carbocycles. The lowest BCUT2D eigenvalue weighted by Crippen LogP contribution is -2.60. The highest BCUT2D eigenvalue weighted by Crippen LogP contribution is 2.56. The number of likely N-dealkylation sites (tertiary alicyclic amines) is 1. The highest BCUT2D eigenvalue weighted by molar-refractivity contribution is 5.50. The van der Waals surface area contributed by atoms with Crippen molar-refractivity contribution in [2.24, 2.45) is 5.41 Å². The van der Waals surface area contributed by atoms with Gasteiger partial charge in [-0.2, -0.15) is 13.2 Å². The fraction of sp³-hybridized carbons (Fsp3) is 0.533. The van der Waals surface area contributed by atoms with Crippen LogP contribution in [0.4, 0.5) is 13.2 Å². The molecule has 3 rings (SSSR count). The first-order valence-electron chi connectivity index (χ1n) is 6.70. The maximum atomic E-state index is 12.9. The van der Waals surface area contributed by atoms with Gasteiger partial charge in [0.15, 0.2) is 0 Å². The second kappa shape index (κ2) is 4.24. The Morgan fingerprint density at radius 3 is 2.50 bits per heavy atom. The third-order valence-corrected chi connectivity index (χ3v) is 4.62. The van der Waals surface area contributed by atoms with Crippen LogP contribution in [0.15, 0.2) is 18.2 Å². The third kappa shape index (κ3) is 2.09. The number of alkyl halides is 3. The van der Waals surface area contributed by atoms with Crippen LogP contribution in [0.2, 0.25) is 0 Å². The molecule has 20 heavy (non-hydrogen) atoms. The molecule has 2 fully saturated rings. The number of hydrogen-bond acceptors (Lipinski definition) is 1. The fourth-order valence-corrected chi connectivity index (χ4v) is 3.57. The summed E-state index contributed by atoms with van der Waals surface area (Å²) in [7, 11) is 0. The molecule has 0 atom stereocenters. The standard InChI is InChI=1S/C15H16F3NO/c1-10-2-3-11(4-13(10)15(16,17)18)12-5-14(6-12)7-19(8-14)9-20/h2-4,9,12H,5-8H2,1H3. The molecule has 1 saturated heterocycles. The van der Waals surface area contributed by atoms with Gasteiger partial charge < -0.3 is 4.90 Å². The Bertz CT molecular complexity index is 539. The molecule has 0 aromatic heterocycles. The van der Waals surface area contributed by atoms with Crippen molar-refractivity contribution in [1.82, 2.24) is 4.90 Å². The van der Waals surface area contributed by atoms with Crippen molar-refractivity contribution in [3.8, 4) is 0 Å². The average Bonchev–Trinajstić information content (AvgIpc) is 2.26. The van der Waals surface area contributed by atoms with Crippen LogP contribution in [0.5, 0.6) is 0 Å². The lowest BCUT2D eigenvalue weighted by Gasteiger charge is -2.58. The Morgan fingerprint density at radius 1 is 1.30 bits per heavy atom. The Balaban J connectivity index is 1.73. The molecule has 2 nitrogen and oxygen atoms in total. The molecule has 1 amide bonds. The summed E-state index contributed by atoms with van der Waals surface area (Å²) in [6, 6.07) is 4.66. The molecular weight excluding hydrogens is 267 g/mol. The normalized spacial score (nSPS) is 21.5. The van der Waals surface area contributed by atoms with Crippen LogP contribution >= 0.6 is 0 Å². The number of halogens is 3. The average molecular weight is 283 g/mol. The number of hydrogen-bond donors (Lipinski definition) is 0. The zero-order valence-corrected chi connectivity index (χ0v) is 11.2. The summed E-state index contributed by atoms with van der Waals surface area (Å²) in [5.41, 5.74) is 0.692. The molecule has 0 bridgehead atoms. The number of benzene rings is 1. The highest BCUT2D eigenvalue weighted by Gasteiger charge is 2.52. The van der Waals surface area contributed by atoms with Crippen LogP contribution in [-0.4, -0.2) is 24.4 Å². The molecule has 108 valence electrons. The maximum absolute atomic E-state index is 12.9. The molecule has 0 N–H and O–H groups in total. The number of carbonyl (C=O) groups is 1. The smallest absolute Gasteiger partial charge is 0.344 e. The van der Waals surface area contributed by atoms with E-state index < -0.39 is 11.7 Å². The van der Waals surface area contributed by atoms with Gasteiger partial charge in [-0.1, -0.05) is 12.1 Å². The number of amides is 1. The summed E-state index contributed by atoms with van der Waals surface area (Å²) in [4.78, 5) is 12.3. The van der Waals surface area contributed by atoms with Gasteiger partial charge in [-0.05, 0) is 42.9 Å². The van der Waals surface area contributed by atoms with Gasteiger partial charge in [0.25, 0.3) is 0 Å². The van der Waals surface area contributed by atoms with Crippen LogP contribution < -0.4 is 0 Å². The van der Waals surface area contributed by atoms with Gasteiger partial charge in [0.1, 0.15) is 0 Å². The largest absolute Gasteiger partial charge is 0.416 e. The van der Waals surface area contributed by atoms with E-state index in [4.69, 9.17) is 0 Å². The van der Waals surface area contributed by atoms with E-state index in [0.717, 1.165) is 37.9 Å². The van der Waals surface area contributed by atoms with E-state index in [2.05, 4.69) is 0 Å². The van der Waals surface area contributed by atoms with Gasteiger partial charge in [-0.25, -0.2) is 0 Å². The summed E-state index contributed by atoms with van der Waals surface area (Å²) < 4.78 is 38.7. The predicted octanol–water partition coefficient (Wildman–Crippen LogP) is 3.35. The Hall–Kier alpha value is -1.52. The molecule has 1 aromatic rings. The van der Waals surface area contributed by atoms with Crippen molar-refractivity contribution in [3.05, 3.63) is 34.9 Å². The van der Waals surface area contributed by atoms with Gasteiger partial charge in [0, 0.05) is 18.5 Å². The van der Waals surface area contributed by atoms with Crippen molar-refractivity contribution in [3.63, 3.8) is 0 Å². The van der Waals surface area contributed by atoms with E-state index in [1.54, 1.807) is 17.0 Å². The third-order valence-electron chi connectivity index (χ3n) is 4.62. The second-order valence-electron chi connectivity index (χ2n) is 6.19. The summed E-state index contributed by atoms with van der Waals surface area (Å²) >= 11 is 0. The summed E-state index contributed by atoms with van der Waals surface area (Å²) in [5, 5.41) is 0. The molecule has 1 aliphatic heterocycles. The quantitative estimate of drug-likeness (QED) is 0.762. The number of nitrogens with zero attached hydrogens (tertiary/aromatic N) is 1. The van der Waals surface area contributed by atoms with Crippen molar-refractivity contribution >= 4 is 6.41 Å². The van der Waals surface area contributed by atoms with Crippen molar-refractivity contribution in [2.45, 2.75) is 31.9 Å². The van der Waals surface area contributed by atoms with Gasteiger partial charge in [0.05, 0.1) is 5.56 Å². The van der Waals surface area contributed by atoms with Crippen LogP contribution in [0.25, 0.3) is 0 Å². The molecule has 1 saturated carbocycles. The Kier molecular flexibility index (Phi) is 2.85. The summed E-state index contributed by atoms with van der Waals surface area (Å²) in [5.74, 6) is 0.200. The molecule has 5 heteroatoms. The lowest BCUT2D eigenvalue weighted by molar-refractivity contribution is -0.139. The monoisotopic (exact) mass is 283 g/mol. The van der Waals surface area contributed by atoms with Gasteiger partial charge in [-0.15, -0.1) is 0 Å². The molecule has 1 heterocycles. The SMILES string of the molecule is Cc1ccc(C2CC3(C2)CN(C=O)C3)cc1C(F)(F)F.